The number of ether oxygens (including phenoxy) is 1. The van der Waals surface area contributed by atoms with Crippen molar-refractivity contribution < 1.29 is 4.74 Å². The van der Waals surface area contributed by atoms with Crippen molar-refractivity contribution in [2.24, 2.45) is 0 Å². The van der Waals surface area contributed by atoms with Gasteiger partial charge in [-0.3, -0.25) is 4.98 Å². The molecule has 5 nitrogen and oxygen atoms in total. The van der Waals surface area contributed by atoms with Gasteiger partial charge in [0.25, 0.3) is 0 Å². The van der Waals surface area contributed by atoms with Gasteiger partial charge in [-0.25, -0.2) is 9.97 Å². The quantitative estimate of drug-likeness (QED) is 0.626. The standard InChI is InChI=1S/C17H14N4O/c1-2-22-16-6-3-11(9-19-16)14-5-4-12-13-10-18-8-7-15(13)21-17(12)20-14/h3-10H,2H2,1H3,(H,20,21). The van der Waals surface area contributed by atoms with Gasteiger partial charge in [-0.2, -0.15) is 0 Å². The second kappa shape index (κ2) is 5.11. The highest BCUT2D eigenvalue weighted by atomic mass is 16.5. The predicted molar refractivity (Wildman–Crippen MR) is 85.8 cm³/mol. The van der Waals surface area contributed by atoms with Crippen LogP contribution in [0.2, 0.25) is 0 Å². The molecule has 5 heteroatoms. The minimum absolute atomic E-state index is 0.611. The number of fused-ring (bicyclic) bond motifs is 3. The Labute approximate surface area is 127 Å². The van der Waals surface area contributed by atoms with Crippen molar-refractivity contribution in [3.63, 3.8) is 0 Å². The van der Waals surface area contributed by atoms with Crippen molar-refractivity contribution in [1.29, 1.82) is 0 Å². The summed E-state index contributed by atoms with van der Waals surface area (Å²) in [7, 11) is 0. The van der Waals surface area contributed by atoms with Gasteiger partial charge < -0.3 is 9.72 Å². The first-order valence-corrected chi connectivity index (χ1v) is 7.17. The Bertz CT molecular complexity index is 944. The van der Waals surface area contributed by atoms with Crippen LogP contribution in [0.1, 0.15) is 6.92 Å². The van der Waals surface area contributed by atoms with Gasteiger partial charge >= 0.3 is 0 Å². The molecule has 108 valence electrons. The van der Waals surface area contributed by atoms with E-state index in [1.165, 1.54) is 0 Å². The number of aromatic nitrogens is 4. The van der Waals surface area contributed by atoms with Gasteiger partial charge in [0.1, 0.15) is 5.65 Å². The van der Waals surface area contributed by atoms with Crippen LogP contribution in [0.15, 0.2) is 48.9 Å². The van der Waals surface area contributed by atoms with Gasteiger partial charge in [0, 0.05) is 41.0 Å². The maximum atomic E-state index is 5.36. The molecule has 0 unspecified atom stereocenters. The zero-order valence-electron chi connectivity index (χ0n) is 12.1. The molecule has 4 aromatic rings. The summed E-state index contributed by atoms with van der Waals surface area (Å²) in [6, 6.07) is 9.85. The van der Waals surface area contributed by atoms with E-state index in [1.807, 2.05) is 37.4 Å². The molecule has 1 N–H and O–H groups in total. The first-order chi connectivity index (χ1) is 10.8. The highest BCUT2D eigenvalue weighted by Crippen LogP contribution is 2.26. The topological polar surface area (TPSA) is 63.7 Å². The molecule has 0 aromatic carbocycles. The summed E-state index contributed by atoms with van der Waals surface area (Å²) in [5.41, 5.74) is 3.73. The largest absolute Gasteiger partial charge is 0.478 e. The Hall–Kier alpha value is -2.95. The van der Waals surface area contributed by atoms with Crippen LogP contribution in [0.25, 0.3) is 33.2 Å². The minimum Gasteiger partial charge on any atom is -0.478 e. The van der Waals surface area contributed by atoms with Crippen LogP contribution in [-0.4, -0.2) is 26.5 Å². The van der Waals surface area contributed by atoms with Crippen molar-refractivity contribution >= 4 is 21.9 Å². The summed E-state index contributed by atoms with van der Waals surface area (Å²) < 4.78 is 5.36. The van der Waals surface area contributed by atoms with E-state index < -0.39 is 0 Å². The van der Waals surface area contributed by atoms with E-state index in [0.29, 0.717) is 12.5 Å². The van der Waals surface area contributed by atoms with Crippen LogP contribution in [0, 0.1) is 0 Å². The molecule has 0 saturated carbocycles. The number of rotatable bonds is 3. The first kappa shape index (κ1) is 12.8. The smallest absolute Gasteiger partial charge is 0.213 e. The summed E-state index contributed by atoms with van der Waals surface area (Å²) in [6.07, 6.45) is 5.41. The number of hydrogen-bond donors (Lipinski definition) is 1. The molecular formula is C17H14N4O. The summed E-state index contributed by atoms with van der Waals surface area (Å²) in [6.45, 7) is 2.55. The van der Waals surface area contributed by atoms with Gasteiger partial charge in [-0.05, 0) is 31.2 Å². The second-order valence-electron chi connectivity index (χ2n) is 4.96. The number of pyridine rings is 3. The number of nitrogens with one attached hydrogen (secondary N) is 1. The molecule has 0 aliphatic rings. The maximum Gasteiger partial charge on any atom is 0.213 e. The third-order valence-electron chi connectivity index (χ3n) is 3.58. The molecule has 22 heavy (non-hydrogen) atoms. The number of nitrogens with zero attached hydrogens (tertiary/aromatic N) is 3. The molecular weight excluding hydrogens is 276 g/mol. The normalized spacial score (nSPS) is 11.1. The van der Waals surface area contributed by atoms with Crippen LogP contribution < -0.4 is 4.74 Å². The molecule has 0 fully saturated rings. The van der Waals surface area contributed by atoms with E-state index >= 15 is 0 Å². The molecule has 4 rings (SSSR count). The SMILES string of the molecule is CCOc1ccc(-c2ccc3c(n2)[nH]c2ccncc23)cn1. The van der Waals surface area contributed by atoms with Gasteiger partial charge in [-0.15, -0.1) is 0 Å². The van der Waals surface area contributed by atoms with E-state index in [4.69, 9.17) is 9.72 Å². The van der Waals surface area contributed by atoms with Crippen molar-refractivity contribution in [3.8, 4) is 17.1 Å². The lowest BCUT2D eigenvalue weighted by atomic mass is 10.1. The van der Waals surface area contributed by atoms with E-state index in [2.05, 4.69) is 21.0 Å². The Morgan fingerprint density at radius 2 is 2.00 bits per heavy atom. The van der Waals surface area contributed by atoms with E-state index in [9.17, 15) is 0 Å². The van der Waals surface area contributed by atoms with Crippen molar-refractivity contribution in [1.82, 2.24) is 19.9 Å². The summed E-state index contributed by atoms with van der Waals surface area (Å²) in [5.74, 6) is 0.629. The fourth-order valence-electron chi connectivity index (χ4n) is 2.54. The summed E-state index contributed by atoms with van der Waals surface area (Å²) in [4.78, 5) is 16.5. The van der Waals surface area contributed by atoms with Crippen molar-refractivity contribution in [3.05, 3.63) is 48.9 Å². The average Bonchev–Trinajstić information content (AvgIpc) is 2.93. The zero-order chi connectivity index (χ0) is 14.9. The van der Waals surface area contributed by atoms with Crippen LogP contribution in [0.4, 0.5) is 0 Å². The first-order valence-electron chi connectivity index (χ1n) is 7.17. The van der Waals surface area contributed by atoms with Crippen molar-refractivity contribution in [2.45, 2.75) is 6.92 Å². The molecule has 4 heterocycles. The molecule has 0 aliphatic heterocycles. The fourth-order valence-corrected chi connectivity index (χ4v) is 2.54. The molecule has 0 bridgehead atoms. The third kappa shape index (κ3) is 2.07. The van der Waals surface area contributed by atoms with Gasteiger partial charge in [0.2, 0.25) is 5.88 Å². The van der Waals surface area contributed by atoms with E-state index in [-0.39, 0.29) is 0 Å². The molecule has 0 aliphatic carbocycles. The number of hydrogen-bond acceptors (Lipinski definition) is 4. The minimum atomic E-state index is 0.611. The lowest BCUT2D eigenvalue weighted by Crippen LogP contribution is -1.94. The molecule has 4 aromatic heterocycles. The van der Waals surface area contributed by atoms with E-state index in [1.54, 1.807) is 12.4 Å². The Morgan fingerprint density at radius 3 is 2.82 bits per heavy atom. The fraction of sp³-hybridized carbons (Fsp3) is 0.118. The Balaban J connectivity index is 1.80. The van der Waals surface area contributed by atoms with Gasteiger partial charge in [-0.1, -0.05) is 0 Å². The third-order valence-corrected chi connectivity index (χ3v) is 3.58. The highest BCUT2D eigenvalue weighted by Gasteiger charge is 2.08. The van der Waals surface area contributed by atoms with E-state index in [0.717, 1.165) is 33.2 Å². The van der Waals surface area contributed by atoms with Crippen molar-refractivity contribution in [2.75, 3.05) is 6.61 Å². The Kier molecular flexibility index (Phi) is 2.96. The van der Waals surface area contributed by atoms with Gasteiger partial charge in [0.05, 0.1) is 17.8 Å². The molecule has 0 atom stereocenters. The lowest BCUT2D eigenvalue weighted by Gasteiger charge is -2.03. The van der Waals surface area contributed by atoms with Crippen LogP contribution >= 0.6 is 0 Å². The van der Waals surface area contributed by atoms with Crippen LogP contribution in [0.5, 0.6) is 5.88 Å². The lowest BCUT2D eigenvalue weighted by molar-refractivity contribution is 0.327. The highest BCUT2D eigenvalue weighted by molar-refractivity contribution is 6.05. The second-order valence-corrected chi connectivity index (χ2v) is 4.96. The monoisotopic (exact) mass is 290 g/mol. The molecule has 0 spiro atoms. The zero-order valence-corrected chi connectivity index (χ0v) is 12.1. The molecule has 0 radical (unpaired) electrons. The average molecular weight is 290 g/mol. The predicted octanol–water partition coefficient (Wildman–Crippen LogP) is 3.57. The van der Waals surface area contributed by atoms with Crippen LogP contribution in [0.3, 0.4) is 0 Å². The summed E-state index contributed by atoms with van der Waals surface area (Å²) in [5, 5.41) is 2.16. The molecule has 0 amide bonds. The van der Waals surface area contributed by atoms with Gasteiger partial charge in [0.15, 0.2) is 0 Å². The molecule has 0 saturated heterocycles. The number of aromatic amines is 1. The summed E-state index contributed by atoms with van der Waals surface area (Å²) >= 11 is 0. The van der Waals surface area contributed by atoms with Crippen LogP contribution in [-0.2, 0) is 0 Å². The number of H-pyrrole nitrogens is 1. The Morgan fingerprint density at radius 1 is 1.05 bits per heavy atom. The maximum absolute atomic E-state index is 5.36.